The van der Waals surface area contributed by atoms with Crippen molar-refractivity contribution in [3.63, 3.8) is 0 Å². The molecule has 1 heterocycles. The number of carbonyl (C=O) groups is 1. The van der Waals surface area contributed by atoms with Crippen molar-refractivity contribution in [3.8, 4) is 5.75 Å². The van der Waals surface area contributed by atoms with E-state index in [2.05, 4.69) is 9.72 Å². The number of hydrogen-bond donors (Lipinski definition) is 0. The first-order valence-electron chi connectivity index (χ1n) is 5.42. The maximum Gasteiger partial charge on any atom is 0.573 e. The van der Waals surface area contributed by atoms with E-state index in [-0.39, 0.29) is 28.2 Å². The fourth-order valence-corrected chi connectivity index (χ4v) is 2.64. The summed E-state index contributed by atoms with van der Waals surface area (Å²) < 4.78 is 45.4. The molecule has 9 heteroatoms. The quantitative estimate of drug-likeness (QED) is 0.414. The molecule has 20 heavy (non-hydrogen) atoms. The van der Waals surface area contributed by atoms with E-state index in [4.69, 9.17) is 16.3 Å². The van der Waals surface area contributed by atoms with Crippen molar-refractivity contribution in [2.45, 2.75) is 25.6 Å². The molecule has 0 spiro atoms. The Morgan fingerprint density at radius 1 is 1.50 bits per heavy atom. The number of nitrogens with zero attached hydrogens (tertiary/aromatic N) is 1. The van der Waals surface area contributed by atoms with Gasteiger partial charge in [-0.05, 0) is 29.5 Å². The normalized spacial score (nSPS) is 11.3. The highest BCUT2D eigenvalue weighted by atomic mass is 127. The van der Waals surface area contributed by atoms with E-state index in [1.807, 2.05) is 0 Å². The first-order valence-corrected chi connectivity index (χ1v) is 7.03. The molecule has 1 rings (SSSR count). The number of rotatable bonds is 5. The lowest BCUT2D eigenvalue weighted by Crippen LogP contribution is -2.19. The third kappa shape index (κ3) is 4.97. The first-order chi connectivity index (χ1) is 9.28. The summed E-state index contributed by atoms with van der Waals surface area (Å²) in [6.07, 6.45) is -4.05. The minimum absolute atomic E-state index is 0.0882. The maximum atomic E-state index is 12.2. The Bertz CT molecular complexity index is 497. The lowest BCUT2D eigenvalue weighted by Gasteiger charge is -2.14. The molecule has 0 amide bonds. The standard InChI is InChI=1S/C11H10ClF3INO3/c1-2-19-9(18)3-7-6(4-12)10(16)8(5-17-7)20-11(13,14)15/h5H,2-4H2,1H3. The number of aromatic nitrogens is 1. The number of pyridine rings is 1. The average molecular weight is 424 g/mol. The number of halogens is 5. The van der Waals surface area contributed by atoms with Crippen molar-refractivity contribution < 1.29 is 27.4 Å². The van der Waals surface area contributed by atoms with E-state index in [0.29, 0.717) is 5.56 Å². The van der Waals surface area contributed by atoms with Gasteiger partial charge in [0.2, 0.25) is 0 Å². The van der Waals surface area contributed by atoms with Crippen LogP contribution in [0.5, 0.6) is 5.75 Å². The van der Waals surface area contributed by atoms with Gasteiger partial charge in [-0.1, -0.05) is 0 Å². The number of alkyl halides is 4. The van der Waals surface area contributed by atoms with Crippen molar-refractivity contribution >= 4 is 40.2 Å². The van der Waals surface area contributed by atoms with Gasteiger partial charge in [-0.15, -0.1) is 24.8 Å². The predicted molar refractivity (Wildman–Crippen MR) is 73.5 cm³/mol. The van der Waals surface area contributed by atoms with Gasteiger partial charge in [0, 0.05) is 5.56 Å². The summed E-state index contributed by atoms with van der Waals surface area (Å²) in [6.45, 7) is 1.86. The molecule has 0 unspecified atom stereocenters. The lowest BCUT2D eigenvalue weighted by molar-refractivity contribution is -0.275. The second kappa shape index (κ2) is 7.30. The van der Waals surface area contributed by atoms with Gasteiger partial charge in [0.05, 0.1) is 34.4 Å². The fraction of sp³-hybridized carbons (Fsp3) is 0.455. The molecule has 0 radical (unpaired) electrons. The Balaban J connectivity index is 3.05. The van der Waals surface area contributed by atoms with E-state index in [1.54, 1.807) is 29.5 Å². The van der Waals surface area contributed by atoms with E-state index < -0.39 is 18.1 Å². The third-order valence-corrected chi connectivity index (χ3v) is 3.59. The van der Waals surface area contributed by atoms with Crippen LogP contribution < -0.4 is 4.74 Å². The van der Waals surface area contributed by atoms with Crippen LogP contribution in [-0.2, 0) is 21.8 Å². The van der Waals surface area contributed by atoms with Gasteiger partial charge < -0.3 is 9.47 Å². The Morgan fingerprint density at radius 2 is 2.15 bits per heavy atom. The summed E-state index contributed by atoms with van der Waals surface area (Å²) >= 11 is 7.38. The number of esters is 1. The Morgan fingerprint density at radius 3 is 2.65 bits per heavy atom. The molecule has 0 saturated carbocycles. The molecule has 0 aliphatic rings. The van der Waals surface area contributed by atoms with Crippen molar-refractivity contribution in [2.24, 2.45) is 0 Å². The molecule has 0 N–H and O–H groups in total. The topological polar surface area (TPSA) is 48.4 Å². The summed E-state index contributed by atoms with van der Waals surface area (Å²) in [5.41, 5.74) is 0.597. The van der Waals surface area contributed by atoms with Gasteiger partial charge in [0.25, 0.3) is 0 Å². The van der Waals surface area contributed by atoms with Crippen LogP contribution in [0.4, 0.5) is 13.2 Å². The fourth-order valence-electron chi connectivity index (χ4n) is 1.38. The Kier molecular flexibility index (Phi) is 6.31. The van der Waals surface area contributed by atoms with Gasteiger partial charge in [-0.3, -0.25) is 9.78 Å². The minimum atomic E-state index is -4.81. The van der Waals surface area contributed by atoms with Crippen LogP contribution in [-0.4, -0.2) is 23.9 Å². The molecule has 0 fully saturated rings. The molecular formula is C11H10ClF3INO3. The van der Waals surface area contributed by atoms with Gasteiger partial charge in [-0.25, -0.2) is 0 Å². The molecule has 0 atom stereocenters. The molecule has 0 aliphatic heterocycles. The molecule has 0 bridgehead atoms. The predicted octanol–water partition coefficient (Wildman–Crippen LogP) is 3.43. The van der Waals surface area contributed by atoms with Crippen LogP contribution in [0.15, 0.2) is 6.20 Å². The van der Waals surface area contributed by atoms with Crippen LogP contribution in [0, 0.1) is 3.57 Å². The van der Waals surface area contributed by atoms with E-state index in [0.717, 1.165) is 6.20 Å². The third-order valence-electron chi connectivity index (χ3n) is 2.14. The lowest BCUT2D eigenvalue weighted by atomic mass is 10.1. The zero-order chi connectivity index (χ0) is 15.3. The molecule has 0 saturated heterocycles. The van der Waals surface area contributed by atoms with E-state index >= 15 is 0 Å². The first kappa shape index (κ1) is 17.3. The average Bonchev–Trinajstić information content (AvgIpc) is 2.32. The van der Waals surface area contributed by atoms with Crippen molar-refractivity contribution in [3.05, 3.63) is 21.0 Å². The molecule has 0 aliphatic carbocycles. The minimum Gasteiger partial charge on any atom is -0.466 e. The smallest absolute Gasteiger partial charge is 0.466 e. The number of hydrogen-bond acceptors (Lipinski definition) is 4. The van der Waals surface area contributed by atoms with Crippen LogP contribution in [0.3, 0.4) is 0 Å². The largest absolute Gasteiger partial charge is 0.573 e. The van der Waals surface area contributed by atoms with Crippen LogP contribution in [0.1, 0.15) is 18.2 Å². The van der Waals surface area contributed by atoms with Gasteiger partial charge in [-0.2, -0.15) is 0 Å². The second-order valence-corrected chi connectivity index (χ2v) is 4.87. The summed E-state index contributed by atoms with van der Waals surface area (Å²) in [6, 6.07) is 0. The molecule has 1 aromatic rings. The highest BCUT2D eigenvalue weighted by Crippen LogP contribution is 2.31. The zero-order valence-corrected chi connectivity index (χ0v) is 13.2. The maximum absolute atomic E-state index is 12.2. The van der Waals surface area contributed by atoms with Crippen molar-refractivity contribution in [2.75, 3.05) is 6.61 Å². The van der Waals surface area contributed by atoms with Crippen LogP contribution >= 0.6 is 34.2 Å². The highest BCUT2D eigenvalue weighted by Gasteiger charge is 2.33. The van der Waals surface area contributed by atoms with Gasteiger partial charge in [0.15, 0.2) is 5.75 Å². The molecule has 1 aromatic heterocycles. The molecular weight excluding hydrogens is 413 g/mol. The summed E-state index contributed by atoms with van der Waals surface area (Å²) in [7, 11) is 0. The SMILES string of the molecule is CCOC(=O)Cc1ncc(OC(F)(F)F)c(I)c1CCl. The number of carbonyl (C=O) groups excluding carboxylic acids is 1. The molecule has 4 nitrogen and oxygen atoms in total. The zero-order valence-electron chi connectivity index (χ0n) is 10.3. The summed E-state index contributed by atoms with van der Waals surface area (Å²) in [5.74, 6) is -1.05. The van der Waals surface area contributed by atoms with Crippen LogP contribution in [0.25, 0.3) is 0 Å². The highest BCUT2D eigenvalue weighted by molar-refractivity contribution is 14.1. The summed E-state index contributed by atoms with van der Waals surface area (Å²) in [4.78, 5) is 15.2. The van der Waals surface area contributed by atoms with Crippen molar-refractivity contribution in [1.82, 2.24) is 4.98 Å². The van der Waals surface area contributed by atoms with E-state index in [1.165, 1.54) is 0 Å². The van der Waals surface area contributed by atoms with Crippen LogP contribution in [0.2, 0.25) is 0 Å². The Hall–Kier alpha value is -0.770. The molecule has 0 aromatic carbocycles. The van der Waals surface area contributed by atoms with Gasteiger partial charge in [0.1, 0.15) is 0 Å². The van der Waals surface area contributed by atoms with Gasteiger partial charge >= 0.3 is 12.3 Å². The van der Waals surface area contributed by atoms with Crippen molar-refractivity contribution in [1.29, 1.82) is 0 Å². The van der Waals surface area contributed by atoms with E-state index in [9.17, 15) is 18.0 Å². The summed E-state index contributed by atoms with van der Waals surface area (Å²) in [5, 5.41) is 0. The Labute approximate surface area is 131 Å². The monoisotopic (exact) mass is 423 g/mol. The number of ether oxygens (including phenoxy) is 2. The molecule has 112 valence electrons. The second-order valence-electron chi connectivity index (χ2n) is 3.52.